The average Bonchev–Trinajstić information content (AvgIpc) is 2.82. The summed E-state index contributed by atoms with van der Waals surface area (Å²) in [5, 5.41) is 13.7. The molecule has 0 spiro atoms. The number of halogens is 1. The second-order valence-corrected chi connectivity index (χ2v) is 4.07. The lowest BCUT2D eigenvalue weighted by molar-refractivity contribution is 0.0526. The van der Waals surface area contributed by atoms with Crippen molar-refractivity contribution in [2.45, 2.75) is 6.92 Å². The number of carbonyl (C=O) groups excluding carboxylic acids is 1. The van der Waals surface area contributed by atoms with Crippen LogP contribution in [0.3, 0.4) is 0 Å². The monoisotopic (exact) mass is 275 g/mol. The summed E-state index contributed by atoms with van der Waals surface area (Å²) in [6.07, 6.45) is 1.32. The van der Waals surface area contributed by atoms with Gasteiger partial charge in [-0.1, -0.05) is 17.7 Å². The number of hydrogen-bond donors (Lipinski definition) is 0. The molecular weight excluding hydrogens is 266 g/mol. The Labute approximate surface area is 115 Å². The van der Waals surface area contributed by atoms with Gasteiger partial charge in [0.2, 0.25) is 0 Å². The van der Waals surface area contributed by atoms with Gasteiger partial charge in [-0.25, -0.2) is 9.48 Å². The van der Waals surface area contributed by atoms with Crippen molar-refractivity contribution in [3.63, 3.8) is 0 Å². The molecule has 5 nitrogen and oxygen atoms in total. The molecule has 0 unspecified atom stereocenters. The first-order valence-electron chi connectivity index (χ1n) is 5.58. The minimum absolute atomic E-state index is 0.126. The summed E-state index contributed by atoms with van der Waals surface area (Å²) < 4.78 is 6.23. The van der Waals surface area contributed by atoms with E-state index in [0.29, 0.717) is 10.7 Å². The molecule has 19 heavy (non-hydrogen) atoms. The number of rotatable bonds is 3. The van der Waals surface area contributed by atoms with Gasteiger partial charge in [-0.2, -0.15) is 10.4 Å². The molecule has 0 N–H and O–H groups in total. The van der Waals surface area contributed by atoms with Crippen LogP contribution in [0, 0.1) is 11.3 Å². The smallest absolute Gasteiger partial charge is 0.342 e. The zero-order valence-electron chi connectivity index (χ0n) is 10.1. The average molecular weight is 276 g/mol. The molecule has 0 saturated heterocycles. The van der Waals surface area contributed by atoms with E-state index in [-0.39, 0.29) is 17.9 Å². The van der Waals surface area contributed by atoms with Crippen LogP contribution in [0.5, 0.6) is 0 Å². The van der Waals surface area contributed by atoms with Crippen molar-refractivity contribution < 1.29 is 9.53 Å². The van der Waals surface area contributed by atoms with Crippen LogP contribution >= 0.6 is 11.6 Å². The van der Waals surface area contributed by atoms with Gasteiger partial charge < -0.3 is 4.74 Å². The Morgan fingerprint density at radius 1 is 1.58 bits per heavy atom. The van der Waals surface area contributed by atoms with Gasteiger partial charge in [0.25, 0.3) is 0 Å². The molecule has 2 aromatic rings. The molecule has 0 radical (unpaired) electrons. The highest BCUT2D eigenvalue weighted by Crippen LogP contribution is 2.18. The Balaban J connectivity index is 2.49. The van der Waals surface area contributed by atoms with E-state index >= 15 is 0 Å². The highest BCUT2D eigenvalue weighted by atomic mass is 35.5. The number of benzene rings is 1. The lowest BCUT2D eigenvalue weighted by Gasteiger charge is -2.04. The molecule has 0 fully saturated rings. The number of hydrogen-bond acceptors (Lipinski definition) is 4. The molecule has 1 aromatic carbocycles. The quantitative estimate of drug-likeness (QED) is 0.808. The lowest BCUT2D eigenvalue weighted by atomic mass is 10.2. The van der Waals surface area contributed by atoms with E-state index in [1.165, 1.54) is 10.9 Å². The predicted octanol–water partition coefficient (Wildman–Crippen LogP) is 2.57. The Morgan fingerprint density at radius 3 is 3.00 bits per heavy atom. The van der Waals surface area contributed by atoms with Crippen LogP contribution in [-0.4, -0.2) is 22.4 Å². The highest BCUT2D eigenvalue weighted by molar-refractivity contribution is 6.30. The summed E-state index contributed by atoms with van der Waals surface area (Å²) in [5.41, 5.74) is 0.879. The molecule has 0 aliphatic heterocycles. The number of nitriles is 1. The van der Waals surface area contributed by atoms with E-state index in [0.717, 1.165) is 0 Å². The third-order valence-corrected chi connectivity index (χ3v) is 2.66. The van der Waals surface area contributed by atoms with E-state index in [9.17, 15) is 10.1 Å². The van der Waals surface area contributed by atoms with Crippen molar-refractivity contribution in [1.82, 2.24) is 9.78 Å². The molecule has 0 aliphatic rings. The zero-order chi connectivity index (χ0) is 13.8. The molecule has 0 amide bonds. The minimum Gasteiger partial charge on any atom is -0.462 e. The zero-order valence-corrected chi connectivity index (χ0v) is 10.9. The van der Waals surface area contributed by atoms with Gasteiger partial charge in [0.15, 0.2) is 5.69 Å². The van der Waals surface area contributed by atoms with E-state index in [2.05, 4.69) is 5.10 Å². The SMILES string of the molecule is CCOC(=O)c1cnn(-c2cccc(Cl)c2)c1C#N. The number of esters is 1. The van der Waals surface area contributed by atoms with E-state index in [1.54, 1.807) is 31.2 Å². The Bertz CT molecular complexity index is 658. The molecule has 0 saturated carbocycles. The van der Waals surface area contributed by atoms with Gasteiger partial charge in [0.1, 0.15) is 11.6 Å². The maximum atomic E-state index is 11.7. The van der Waals surface area contributed by atoms with Gasteiger partial charge in [-0.05, 0) is 25.1 Å². The van der Waals surface area contributed by atoms with Gasteiger partial charge in [0, 0.05) is 5.02 Å². The highest BCUT2D eigenvalue weighted by Gasteiger charge is 2.19. The van der Waals surface area contributed by atoms with Crippen LogP contribution < -0.4 is 0 Å². The largest absolute Gasteiger partial charge is 0.462 e. The third kappa shape index (κ3) is 2.59. The molecule has 0 bridgehead atoms. The van der Waals surface area contributed by atoms with Gasteiger partial charge >= 0.3 is 5.97 Å². The number of ether oxygens (including phenoxy) is 1. The lowest BCUT2D eigenvalue weighted by Crippen LogP contribution is -2.07. The van der Waals surface area contributed by atoms with Crippen LogP contribution in [0.2, 0.25) is 5.02 Å². The van der Waals surface area contributed by atoms with Gasteiger partial charge in [-0.3, -0.25) is 0 Å². The molecule has 0 atom stereocenters. The van der Waals surface area contributed by atoms with Crippen molar-refractivity contribution in [2.24, 2.45) is 0 Å². The molecule has 1 heterocycles. The maximum Gasteiger partial charge on any atom is 0.342 e. The van der Waals surface area contributed by atoms with Gasteiger partial charge in [-0.15, -0.1) is 0 Å². The molecule has 0 aliphatic carbocycles. The summed E-state index contributed by atoms with van der Waals surface area (Å²) in [6, 6.07) is 8.82. The molecular formula is C13H10ClN3O2. The second kappa shape index (κ2) is 5.55. The fourth-order valence-corrected chi connectivity index (χ4v) is 1.80. The summed E-state index contributed by atoms with van der Waals surface area (Å²) in [7, 11) is 0. The van der Waals surface area contributed by atoms with Crippen LogP contribution in [0.1, 0.15) is 23.0 Å². The van der Waals surface area contributed by atoms with Crippen LogP contribution in [0.15, 0.2) is 30.5 Å². The Morgan fingerprint density at radius 2 is 2.37 bits per heavy atom. The second-order valence-electron chi connectivity index (χ2n) is 3.63. The van der Waals surface area contributed by atoms with Crippen molar-refractivity contribution >= 4 is 17.6 Å². The Kier molecular flexibility index (Phi) is 3.83. The van der Waals surface area contributed by atoms with Crippen molar-refractivity contribution in [3.8, 4) is 11.8 Å². The summed E-state index contributed by atoms with van der Waals surface area (Å²) >= 11 is 5.89. The van der Waals surface area contributed by atoms with Crippen molar-refractivity contribution in [1.29, 1.82) is 5.26 Å². The van der Waals surface area contributed by atoms with Crippen LogP contribution in [-0.2, 0) is 4.74 Å². The van der Waals surface area contributed by atoms with E-state index in [1.807, 2.05) is 6.07 Å². The fraction of sp³-hybridized carbons (Fsp3) is 0.154. The standard InChI is InChI=1S/C13H10ClN3O2/c1-2-19-13(18)11-8-16-17(12(11)7-15)10-5-3-4-9(14)6-10/h3-6,8H,2H2,1H3. The molecule has 1 aromatic heterocycles. The normalized spacial score (nSPS) is 9.95. The third-order valence-electron chi connectivity index (χ3n) is 2.42. The first kappa shape index (κ1) is 13.1. The summed E-state index contributed by atoms with van der Waals surface area (Å²) in [5.74, 6) is -0.563. The first-order valence-corrected chi connectivity index (χ1v) is 5.96. The van der Waals surface area contributed by atoms with Crippen molar-refractivity contribution in [3.05, 3.63) is 46.7 Å². The predicted molar refractivity (Wildman–Crippen MR) is 69.2 cm³/mol. The summed E-state index contributed by atoms with van der Waals surface area (Å²) in [4.78, 5) is 11.7. The Hall–Kier alpha value is -2.32. The van der Waals surface area contributed by atoms with E-state index in [4.69, 9.17) is 16.3 Å². The first-order chi connectivity index (χ1) is 9.17. The number of carbonyl (C=O) groups is 1. The fourth-order valence-electron chi connectivity index (χ4n) is 1.62. The molecule has 2 rings (SSSR count). The number of aromatic nitrogens is 2. The van der Waals surface area contributed by atoms with Gasteiger partial charge in [0.05, 0.1) is 18.5 Å². The molecule has 96 valence electrons. The molecule has 6 heteroatoms. The van der Waals surface area contributed by atoms with E-state index < -0.39 is 5.97 Å². The number of nitrogens with zero attached hydrogens (tertiary/aromatic N) is 3. The maximum absolute atomic E-state index is 11.7. The topological polar surface area (TPSA) is 67.9 Å². The minimum atomic E-state index is -0.563. The van der Waals surface area contributed by atoms with Crippen molar-refractivity contribution in [2.75, 3.05) is 6.61 Å². The van der Waals surface area contributed by atoms with Crippen LogP contribution in [0.4, 0.5) is 0 Å². The summed E-state index contributed by atoms with van der Waals surface area (Å²) in [6.45, 7) is 1.94. The van der Waals surface area contributed by atoms with Crippen LogP contribution in [0.25, 0.3) is 5.69 Å².